The van der Waals surface area contributed by atoms with Crippen molar-refractivity contribution in [3.8, 4) is 0 Å². The molecule has 342 valence electrons. The van der Waals surface area contributed by atoms with Crippen molar-refractivity contribution in [2.75, 3.05) is 47.5 Å². The van der Waals surface area contributed by atoms with Crippen LogP contribution < -0.4 is 4.89 Å². The van der Waals surface area contributed by atoms with E-state index >= 15 is 0 Å². The zero-order valence-corrected chi connectivity index (χ0v) is 38.9. The standard InChI is InChI=1S/C50H78NO9P/c1-6-8-10-12-14-16-18-20-21-22-23-24-25-27-29-31-33-35-37-41-50(54)60-48(46-59-61(55,56)58-44-43-51(3,4)5)45-57-49(53)42-38-40-47(52)39-36-34-32-30-28-26-19-17-15-13-11-9-7-2/h8,10,14-17,20-21,23-24,26-29,32-36,39,48H,6-7,9,11-13,18-19,22,25,30-31,37-38,40-46H2,1-5H3/b10-8-,16-14-,17-15-,21-20-,24-23-,28-26-,29-27-,34-32-,35-33-,39-36+/t48-/m1/s1. The lowest BCUT2D eigenvalue weighted by Gasteiger charge is -2.28. The Morgan fingerprint density at radius 2 is 1.10 bits per heavy atom. The third-order valence-electron chi connectivity index (χ3n) is 8.46. The summed E-state index contributed by atoms with van der Waals surface area (Å²) in [7, 11) is 0.970. The fourth-order valence-corrected chi connectivity index (χ4v) is 5.71. The van der Waals surface area contributed by atoms with Gasteiger partial charge in [0.05, 0.1) is 27.7 Å². The number of esters is 2. The molecule has 10 nitrogen and oxygen atoms in total. The molecule has 0 saturated heterocycles. The molecule has 0 heterocycles. The lowest BCUT2D eigenvalue weighted by atomic mass is 10.1. The number of ketones is 1. The van der Waals surface area contributed by atoms with Crippen LogP contribution in [0.3, 0.4) is 0 Å². The Hall–Kier alpha value is -3.92. The van der Waals surface area contributed by atoms with Crippen LogP contribution >= 0.6 is 7.82 Å². The molecular formula is C50H78NO9P. The van der Waals surface area contributed by atoms with Crippen molar-refractivity contribution < 1.29 is 46.8 Å². The highest BCUT2D eigenvalue weighted by atomic mass is 31.2. The number of likely N-dealkylation sites (N-methyl/N-ethyl adjacent to an activating group) is 1. The van der Waals surface area contributed by atoms with Crippen molar-refractivity contribution in [1.29, 1.82) is 0 Å². The fraction of sp³-hybridized carbons (Fsp3) is 0.540. The van der Waals surface area contributed by atoms with E-state index in [1.807, 2.05) is 45.4 Å². The first kappa shape index (κ1) is 57.1. The summed E-state index contributed by atoms with van der Waals surface area (Å²) in [5, 5.41) is 0. The van der Waals surface area contributed by atoms with Crippen LogP contribution in [0, 0.1) is 0 Å². The van der Waals surface area contributed by atoms with E-state index in [2.05, 4.69) is 98.9 Å². The van der Waals surface area contributed by atoms with Gasteiger partial charge in [-0.05, 0) is 83.1 Å². The molecule has 0 N–H and O–H groups in total. The summed E-state index contributed by atoms with van der Waals surface area (Å²) in [5.41, 5.74) is 0. The van der Waals surface area contributed by atoms with Crippen molar-refractivity contribution in [2.24, 2.45) is 0 Å². The van der Waals surface area contributed by atoms with Gasteiger partial charge in [-0.2, -0.15) is 0 Å². The molecule has 0 aliphatic rings. The van der Waals surface area contributed by atoms with E-state index in [1.54, 1.807) is 6.08 Å². The first-order valence-corrected chi connectivity index (χ1v) is 23.7. The number of carbonyl (C=O) groups is 3. The van der Waals surface area contributed by atoms with Gasteiger partial charge in [-0.1, -0.05) is 142 Å². The van der Waals surface area contributed by atoms with E-state index in [1.165, 1.54) is 25.3 Å². The molecule has 2 atom stereocenters. The minimum Gasteiger partial charge on any atom is -0.756 e. The smallest absolute Gasteiger partial charge is 0.306 e. The van der Waals surface area contributed by atoms with Crippen LogP contribution in [-0.4, -0.2) is 75.8 Å². The van der Waals surface area contributed by atoms with Crippen LogP contribution in [0.5, 0.6) is 0 Å². The highest BCUT2D eigenvalue weighted by Gasteiger charge is 2.21. The van der Waals surface area contributed by atoms with Gasteiger partial charge in [0.2, 0.25) is 0 Å². The second-order valence-electron chi connectivity index (χ2n) is 15.4. The number of hydrogen-bond donors (Lipinski definition) is 0. The normalized spacial score (nSPS) is 14.6. The molecule has 0 aromatic carbocycles. The Balaban J connectivity index is 4.70. The molecule has 0 rings (SSSR count). The molecule has 0 amide bonds. The second-order valence-corrected chi connectivity index (χ2v) is 16.8. The van der Waals surface area contributed by atoms with Gasteiger partial charge in [-0.15, -0.1) is 0 Å². The van der Waals surface area contributed by atoms with Crippen LogP contribution in [-0.2, 0) is 37.5 Å². The van der Waals surface area contributed by atoms with Crippen molar-refractivity contribution in [3.63, 3.8) is 0 Å². The minimum absolute atomic E-state index is 0.0360. The van der Waals surface area contributed by atoms with Crippen LogP contribution in [0.1, 0.15) is 123 Å². The van der Waals surface area contributed by atoms with Gasteiger partial charge in [0.1, 0.15) is 19.8 Å². The second kappa shape index (κ2) is 40.2. The SMILES string of the molecule is CC/C=C\C/C=C\C/C=C\C/C=C\C/C=C\C/C=C\CCC(=O)O[C@H](COC(=O)CCCC(=O)/C=C/C=C\C/C=C\C/C=C\CCCCC)COP(=O)([O-])OCC[N+](C)(C)C. The Morgan fingerprint density at radius 1 is 0.574 bits per heavy atom. The summed E-state index contributed by atoms with van der Waals surface area (Å²) in [6.45, 7) is 3.68. The maximum absolute atomic E-state index is 12.7. The van der Waals surface area contributed by atoms with Crippen molar-refractivity contribution in [3.05, 3.63) is 122 Å². The molecule has 0 aromatic rings. The van der Waals surface area contributed by atoms with Crippen molar-refractivity contribution in [1.82, 2.24) is 0 Å². The summed E-state index contributed by atoms with van der Waals surface area (Å²) in [6, 6.07) is 0. The maximum Gasteiger partial charge on any atom is 0.306 e. The fourth-order valence-electron chi connectivity index (χ4n) is 4.98. The zero-order chi connectivity index (χ0) is 45.1. The molecule has 0 fully saturated rings. The van der Waals surface area contributed by atoms with Crippen molar-refractivity contribution in [2.45, 2.75) is 129 Å². The van der Waals surface area contributed by atoms with Gasteiger partial charge >= 0.3 is 11.9 Å². The molecule has 0 saturated carbocycles. The van der Waals surface area contributed by atoms with Gasteiger partial charge in [-0.25, -0.2) is 0 Å². The lowest BCUT2D eigenvalue weighted by molar-refractivity contribution is -0.870. The van der Waals surface area contributed by atoms with E-state index < -0.39 is 39.1 Å². The molecule has 0 radical (unpaired) electrons. The van der Waals surface area contributed by atoms with Gasteiger partial charge < -0.3 is 27.9 Å². The number of carbonyl (C=O) groups excluding carboxylic acids is 3. The molecule has 11 heteroatoms. The molecule has 0 spiro atoms. The largest absolute Gasteiger partial charge is 0.756 e. The Kier molecular flexibility index (Phi) is 37.6. The topological polar surface area (TPSA) is 128 Å². The predicted molar refractivity (Wildman–Crippen MR) is 249 cm³/mol. The number of quaternary nitrogens is 1. The number of phosphoric ester groups is 1. The number of nitrogens with zero attached hydrogens (tertiary/aromatic N) is 1. The van der Waals surface area contributed by atoms with E-state index in [9.17, 15) is 23.8 Å². The highest BCUT2D eigenvalue weighted by Crippen LogP contribution is 2.38. The monoisotopic (exact) mass is 868 g/mol. The summed E-state index contributed by atoms with van der Waals surface area (Å²) < 4.78 is 33.6. The van der Waals surface area contributed by atoms with Gasteiger partial charge in [0.25, 0.3) is 7.82 Å². The summed E-state index contributed by atoms with van der Waals surface area (Å²) in [4.78, 5) is 49.7. The predicted octanol–water partition coefficient (Wildman–Crippen LogP) is 11.5. The molecule has 0 aliphatic carbocycles. The van der Waals surface area contributed by atoms with Crippen molar-refractivity contribution >= 4 is 25.5 Å². The first-order valence-electron chi connectivity index (χ1n) is 22.2. The first-order chi connectivity index (χ1) is 29.4. The average Bonchev–Trinajstić information content (AvgIpc) is 3.21. The summed E-state index contributed by atoms with van der Waals surface area (Å²) in [5.74, 6) is -1.32. The molecule has 1 unspecified atom stereocenters. The van der Waals surface area contributed by atoms with Crippen LogP contribution in [0.25, 0.3) is 0 Å². The summed E-state index contributed by atoms with van der Waals surface area (Å²) >= 11 is 0. The number of ether oxygens (including phenoxy) is 2. The van der Waals surface area contributed by atoms with Crippen LogP contribution in [0.2, 0.25) is 0 Å². The number of allylic oxidation sites excluding steroid dienone is 20. The van der Waals surface area contributed by atoms with E-state index in [-0.39, 0.29) is 38.1 Å². The number of phosphoric acid groups is 1. The van der Waals surface area contributed by atoms with Crippen LogP contribution in [0.4, 0.5) is 0 Å². The maximum atomic E-state index is 12.7. The highest BCUT2D eigenvalue weighted by molar-refractivity contribution is 7.45. The average molecular weight is 868 g/mol. The van der Waals surface area contributed by atoms with E-state index in [0.29, 0.717) is 17.4 Å². The summed E-state index contributed by atoms with van der Waals surface area (Å²) in [6.07, 6.45) is 52.5. The molecule has 61 heavy (non-hydrogen) atoms. The van der Waals surface area contributed by atoms with Gasteiger partial charge in [0, 0.05) is 19.3 Å². The van der Waals surface area contributed by atoms with Gasteiger partial charge in [-0.3, -0.25) is 18.9 Å². The van der Waals surface area contributed by atoms with E-state index in [4.69, 9.17) is 18.5 Å². The Morgan fingerprint density at radius 3 is 1.64 bits per heavy atom. The molecule has 0 bridgehead atoms. The Bertz CT molecular complexity index is 1510. The van der Waals surface area contributed by atoms with Gasteiger partial charge in [0.15, 0.2) is 11.9 Å². The molecule has 0 aliphatic heterocycles. The zero-order valence-electron chi connectivity index (χ0n) is 38.0. The number of unbranched alkanes of at least 4 members (excludes halogenated alkanes) is 3. The lowest BCUT2D eigenvalue weighted by Crippen LogP contribution is -2.37. The van der Waals surface area contributed by atoms with Crippen LogP contribution in [0.15, 0.2) is 122 Å². The molecule has 0 aromatic heterocycles. The minimum atomic E-state index is -4.71. The third kappa shape index (κ3) is 44.0. The molecular weight excluding hydrogens is 790 g/mol. The third-order valence-corrected chi connectivity index (χ3v) is 9.42. The number of rotatable bonds is 38. The quantitative estimate of drug-likeness (QED) is 0.0113. The Labute approximate surface area is 369 Å². The number of hydrogen-bond acceptors (Lipinski definition) is 9. The van der Waals surface area contributed by atoms with E-state index in [0.717, 1.165) is 57.8 Å².